The summed E-state index contributed by atoms with van der Waals surface area (Å²) in [6.45, 7) is 0. The summed E-state index contributed by atoms with van der Waals surface area (Å²) >= 11 is 0. The zero-order valence-electron chi connectivity index (χ0n) is 6.51. The Morgan fingerprint density at radius 1 is 0.727 bits per heavy atom. The van der Waals surface area contributed by atoms with Gasteiger partial charge in [-0.25, -0.2) is 0 Å². The van der Waals surface area contributed by atoms with Gasteiger partial charge in [0.05, 0.1) is 0 Å². The van der Waals surface area contributed by atoms with Crippen LogP contribution in [0.4, 0.5) is 12.9 Å². The molecule has 11 heteroatoms. The maximum absolute atomic E-state index is 9.67. The van der Waals surface area contributed by atoms with Crippen LogP contribution in [0.15, 0.2) is 0 Å². The van der Waals surface area contributed by atoms with Crippen molar-refractivity contribution in [2.45, 2.75) is 0 Å². The molecule has 0 aliphatic heterocycles. The molecular weight excluding hydrogens is 244 g/mol. The first-order valence-corrected chi connectivity index (χ1v) is 1.36. The largest absolute Gasteiger partial charge is 1.00 e. The Labute approximate surface area is 191 Å². The van der Waals surface area contributed by atoms with Crippen molar-refractivity contribution in [3.8, 4) is 0 Å². The van der Waals surface area contributed by atoms with Crippen LogP contribution in [0.3, 0.4) is 0 Å². The molecule has 0 saturated heterocycles. The van der Waals surface area contributed by atoms with Gasteiger partial charge in [0.2, 0.25) is 0 Å². The summed E-state index contributed by atoms with van der Waals surface area (Å²) < 4.78 is 29.0. The van der Waals surface area contributed by atoms with Gasteiger partial charge in [-0.2, -0.15) is 0 Å². The molecule has 0 heterocycles. The van der Waals surface area contributed by atoms with Crippen LogP contribution in [-0.2, 0) is 0 Å². The van der Waals surface area contributed by atoms with Crippen LogP contribution in [0.2, 0.25) is 0 Å². The summed E-state index contributed by atoms with van der Waals surface area (Å²) in [6.07, 6.45) is 0. The van der Waals surface area contributed by atoms with Gasteiger partial charge in [0, 0.05) is 0 Å². The van der Waals surface area contributed by atoms with Gasteiger partial charge < -0.3 is 15.1 Å². The fraction of sp³-hybridized carbons (Fsp3) is 0. The molecular formula is B2F3K3O3. The molecule has 0 aromatic carbocycles. The average Bonchev–Trinajstić information content (AvgIpc) is 1.25. The zero-order chi connectivity index (χ0) is 7.15. The first-order chi connectivity index (χ1) is 3.46. The second-order valence-corrected chi connectivity index (χ2v) is 0.536. The first-order valence-electron chi connectivity index (χ1n) is 1.36. The SMILES string of the molecule is FB(F)F.[K+].[K+].[K+].[O-]B([O-])[O-]. The Morgan fingerprint density at radius 2 is 0.727 bits per heavy atom. The molecule has 0 radical (unpaired) electrons. The minimum absolute atomic E-state index is 0. The predicted molar refractivity (Wildman–Crippen MR) is 14.8 cm³/mol. The van der Waals surface area contributed by atoms with Crippen molar-refractivity contribution in [2.75, 3.05) is 0 Å². The molecule has 0 fully saturated rings. The average molecular weight is 244 g/mol. The molecule has 0 atom stereocenters. The normalized spacial score (nSPS) is 4.91. The number of rotatable bonds is 0. The van der Waals surface area contributed by atoms with E-state index in [-0.39, 0.29) is 154 Å². The molecule has 0 aromatic rings. The monoisotopic (exact) mass is 244 g/mol. The minimum atomic E-state index is -3.67. The van der Waals surface area contributed by atoms with E-state index in [4.69, 9.17) is 15.1 Å². The Hall–Kier alpha value is 4.71. The van der Waals surface area contributed by atoms with Gasteiger partial charge >= 0.3 is 162 Å². The van der Waals surface area contributed by atoms with Crippen LogP contribution < -0.4 is 169 Å². The van der Waals surface area contributed by atoms with Crippen LogP contribution in [0, 0.1) is 0 Å². The summed E-state index contributed by atoms with van der Waals surface area (Å²) in [7, 11) is -6.58. The molecule has 0 aliphatic rings. The Bertz CT molecular complexity index is 37.3. The second-order valence-electron chi connectivity index (χ2n) is 0.536. The minimum Gasteiger partial charge on any atom is -0.907 e. The van der Waals surface area contributed by atoms with Crippen LogP contribution in [0.5, 0.6) is 0 Å². The number of hydrogen-bond donors (Lipinski definition) is 0. The third-order valence-corrected chi connectivity index (χ3v) is 0. The molecule has 11 heavy (non-hydrogen) atoms. The van der Waals surface area contributed by atoms with Crippen LogP contribution >= 0.6 is 0 Å². The second kappa shape index (κ2) is 24.1. The van der Waals surface area contributed by atoms with Gasteiger partial charge in [-0.1, -0.05) is 0 Å². The predicted octanol–water partition coefficient (Wildman–Crippen LogP) is -12.1. The summed E-state index contributed by atoms with van der Waals surface area (Å²) in [5, 5.41) is 25.2. The summed E-state index contributed by atoms with van der Waals surface area (Å²) in [4.78, 5) is 0. The molecule has 0 N–H and O–H groups in total. The molecule has 0 rings (SSSR count). The molecule has 0 saturated carbocycles. The maximum Gasteiger partial charge on any atom is 1.00 e. The molecule has 3 nitrogen and oxygen atoms in total. The van der Waals surface area contributed by atoms with E-state index in [0.29, 0.717) is 0 Å². The van der Waals surface area contributed by atoms with Gasteiger partial charge in [0.25, 0.3) is 0 Å². The van der Waals surface area contributed by atoms with E-state index in [1.54, 1.807) is 0 Å². The van der Waals surface area contributed by atoms with Crippen molar-refractivity contribution >= 4 is 14.9 Å². The van der Waals surface area contributed by atoms with Crippen molar-refractivity contribution in [1.29, 1.82) is 0 Å². The van der Waals surface area contributed by atoms with E-state index in [1.807, 2.05) is 0 Å². The van der Waals surface area contributed by atoms with Crippen molar-refractivity contribution < 1.29 is 182 Å². The molecule has 0 aromatic heterocycles. The number of halogens is 3. The van der Waals surface area contributed by atoms with Crippen molar-refractivity contribution in [3.05, 3.63) is 0 Å². The molecule has 0 aliphatic carbocycles. The van der Waals surface area contributed by atoms with Gasteiger partial charge in [0.15, 0.2) is 0 Å². The fourth-order valence-electron chi connectivity index (χ4n) is 0. The maximum atomic E-state index is 9.67. The van der Waals surface area contributed by atoms with E-state index in [0.717, 1.165) is 0 Å². The van der Waals surface area contributed by atoms with Crippen molar-refractivity contribution in [3.63, 3.8) is 0 Å². The van der Waals surface area contributed by atoms with E-state index in [1.165, 1.54) is 0 Å². The fourth-order valence-corrected chi connectivity index (χ4v) is 0. The summed E-state index contributed by atoms with van der Waals surface area (Å²) in [6, 6.07) is 0. The van der Waals surface area contributed by atoms with Gasteiger partial charge in [-0.05, 0) is 0 Å². The Kier molecular flexibility index (Phi) is 64.9. The van der Waals surface area contributed by atoms with Gasteiger partial charge in [-0.3, -0.25) is 20.3 Å². The van der Waals surface area contributed by atoms with Crippen molar-refractivity contribution in [2.24, 2.45) is 0 Å². The van der Waals surface area contributed by atoms with E-state index in [9.17, 15) is 12.9 Å². The Morgan fingerprint density at radius 3 is 0.727 bits per heavy atom. The third kappa shape index (κ3) is 107. The third-order valence-electron chi connectivity index (χ3n) is 0. The first kappa shape index (κ1) is 29.6. The number of hydrogen-bond acceptors (Lipinski definition) is 3. The van der Waals surface area contributed by atoms with E-state index < -0.39 is 14.9 Å². The molecule has 48 valence electrons. The topological polar surface area (TPSA) is 69.2 Å². The van der Waals surface area contributed by atoms with Crippen LogP contribution in [0.1, 0.15) is 0 Å². The van der Waals surface area contributed by atoms with E-state index >= 15 is 0 Å². The van der Waals surface area contributed by atoms with Crippen LogP contribution in [0.25, 0.3) is 0 Å². The molecule has 0 bridgehead atoms. The molecule has 0 amide bonds. The summed E-state index contributed by atoms with van der Waals surface area (Å²) in [5.74, 6) is 0. The van der Waals surface area contributed by atoms with Gasteiger partial charge in [0.1, 0.15) is 0 Å². The quantitative estimate of drug-likeness (QED) is 0.397. The van der Waals surface area contributed by atoms with Crippen molar-refractivity contribution in [1.82, 2.24) is 0 Å². The zero-order valence-corrected chi connectivity index (χ0v) is 15.9. The smallest absolute Gasteiger partial charge is 0.907 e. The summed E-state index contributed by atoms with van der Waals surface area (Å²) in [5.41, 5.74) is 0. The Balaban J connectivity index is -0.0000000171. The molecule has 0 unspecified atom stereocenters. The molecule has 0 spiro atoms. The van der Waals surface area contributed by atoms with Gasteiger partial charge in [-0.15, -0.1) is 0 Å². The van der Waals surface area contributed by atoms with Crippen LogP contribution in [-0.4, -0.2) is 14.9 Å². The standard InChI is InChI=1S/BF3.BO3.3K/c2*2-1(3)4;;;/q;-3;3*+1. The van der Waals surface area contributed by atoms with E-state index in [2.05, 4.69) is 0 Å².